The second-order valence-corrected chi connectivity index (χ2v) is 6.56. The molecule has 3 nitrogen and oxygen atoms in total. The zero-order valence-corrected chi connectivity index (χ0v) is 13.5. The Bertz CT molecular complexity index is 802. The average molecular weight is 291 g/mol. The van der Waals surface area contributed by atoms with E-state index in [4.69, 9.17) is 4.98 Å². The SMILES string of the molecule is Cc1nc(NC(C)(C)C)c2ccccc2c1-c1ccccn1. The number of hydrogen-bond acceptors (Lipinski definition) is 3. The van der Waals surface area contributed by atoms with Crippen molar-refractivity contribution in [2.24, 2.45) is 0 Å². The van der Waals surface area contributed by atoms with Gasteiger partial charge in [-0.15, -0.1) is 0 Å². The molecule has 0 saturated heterocycles. The molecule has 22 heavy (non-hydrogen) atoms. The first-order valence-electron chi connectivity index (χ1n) is 7.55. The molecule has 1 N–H and O–H groups in total. The van der Waals surface area contributed by atoms with Crippen LogP contribution in [-0.4, -0.2) is 15.5 Å². The number of benzene rings is 1. The maximum atomic E-state index is 4.81. The van der Waals surface area contributed by atoms with E-state index in [0.717, 1.165) is 28.2 Å². The third-order valence-electron chi connectivity index (χ3n) is 3.51. The van der Waals surface area contributed by atoms with Gasteiger partial charge in [0, 0.05) is 28.4 Å². The van der Waals surface area contributed by atoms with E-state index in [1.807, 2.05) is 31.3 Å². The lowest BCUT2D eigenvalue weighted by atomic mass is 10.00. The molecule has 0 spiro atoms. The van der Waals surface area contributed by atoms with Gasteiger partial charge in [0.25, 0.3) is 0 Å². The number of rotatable bonds is 2. The van der Waals surface area contributed by atoms with Crippen molar-refractivity contribution in [2.75, 3.05) is 5.32 Å². The Morgan fingerprint density at radius 3 is 2.23 bits per heavy atom. The highest BCUT2D eigenvalue weighted by Crippen LogP contribution is 2.34. The molecule has 0 aliphatic rings. The standard InChI is InChI=1S/C19H21N3/c1-13-17(16-11-7-8-12-20-16)14-9-5-6-10-15(14)18(21-13)22-19(2,3)4/h5-12H,1-4H3,(H,21,22). The minimum absolute atomic E-state index is 0.0330. The molecular formula is C19H21N3. The topological polar surface area (TPSA) is 37.8 Å². The van der Waals surface area contributed by atoms with Gasteiger partial charge in [-0.3, -0.25) is 4.98 Å². The van der Waals surface area contributed by atoms with Crippen LogP contribution in [0.2, 0.25) is 0 Å². The van der Waals surface area contributed by atoms with Crippen molar-refractivity contribution >= 4 is 16.6 Å². The highest BCUT2D eigenvalue weighted by molar-refractivity contribution is 6.02. The lowest BCUT2D eigenvalue weighted by Crippen LogP contribution is -2.27. The van der Waals surface area contributed by atoms with Gasteiger partial charge in [0.05, 0.1) is 5.69 Å². The molecule has 3 aromatic rings. The number of nitrogens with zero attached hydrogens (tertiary/aromatic N) is 2. The van der Waals surface area contributed by atoms with Crippen LogP contribution in [0.4, 0.5) is 5.82 Å². The van der Waals surface area contributed by atoms with E-state index < -0.39 is 0 Å². The summed E-state index contributed by atoms with van der Waals surface area (Å²) in [5.74, 6) is 0.931. The molecule has 0 bridgehead atoms. The second kappa shape index (κ2) is 5.41. The first kappa shape index (κ1) is 14.5. The number of nitrogens with one attached hydrogen (secondary N) is 1. The normalized spacial score (nSPS) is 11.6. The van der Waals surface area contributed by atoms with Crippen LogP contribution < -0.4 is 5.32 Å². The molecule has 0 unspecified atom stereocenters. The summed E-state index contributed by atoms with van der Waals surface area (Å²) in [6.07, 6.45) is 1.82. The van der Waals surface area contributed by atoms with Crippen molar-refractivity contribution in [2.45, 2.75) is 33.2 Å². The summed E-state index contributed by atoms with van der Waals surface area (Å²) in [6, 6.07) is 14.4. The number of aryl methyl sites for hydroxylation is 1. The lowest BCUT2D eigenvalue weighted by molar-refractivity contribution is 0.631. The summed E-state index contributed by atoms with van der Waals surface area (Å²) >= 11 is 0. The molecule has 0 aliphatic heterocycles. The van der Waals surface area contributed by atoms with Gasteiger partial charge in [0.2, 0.25) is 0 Å². The van der Waals surface area contributed by atoms with Crippen LogP contribution in [0.3, 0.4) is 0 Å². The summed E-state index contributed by atoms with van der Waals surface area (Å²) in [5, 5.41) is 5.82. The van der Waals surface area contributed by atoms with Crippen molar-refractivity contribution in [3.63, 3.8) is 0 Å². The quantitative estimate of drug-likeness (QED) is 0.736. The predicted octanol–water partition coefficient (Wildman–Crippen LogP) is 4.82. The molecule has 0 atom stereocenters. The van der Waals surface area contributed by atoms with E-state index in [-0.39, 0.29) is 5.54 Å². The fourth-order valence-electron chi connectivity index (χ4n) is 2.67. The third-order valence-corrected chi connectivity index (χ3v) is 3.51. The monoisotopic (exact) mass is 291 g/mol. The van der Waals surface area contributed by atoms with Gasteiger partial charge < -0.3 is 5.32 Å². The molecule has 0 fully saturated rings. The summed E-state index contributed by atoms with van der Waals surface area (Å²) in [4.78, 5) is 9.32. The van der Waals surface area contributed by atoms with Gasteiger partial charge in [-0.2, -0.15) is 0 Å². The van der Waals surface area contributed by atoms with E-state index in [1.165, 1.54) is 5.39 Å². The Balaban J connectivity index is 2.28. The third kappa shape index (κ3) is 2.80. The molecule has 0 saturated carbocycles. The van der Waals surface area contributed by atoms with Gasteiger partial charge in [0.15, 0.2) is 0 Å². The van der Waals surface area contributed by atoms with Crippen molar-refractivity contribution in [3.05, 3.63) is 54.4 Å². The van der Waals surface area contributed by atoms with Gasteiger partial charge in [0.1, 0.15) is 5.82 Å². The molecule has 0 radical (unpaired) electrons. The summed E-state index contributed by atoms with van der Waals surface area (Å²) in [6.45, 7) is 8.48. The largest absolute Gasteiger partial charge is 0.365 e. The van der Waals surface area contributed by atoms with Crippen molar-refractivity contribution in [1.29, 1.82) is 0 Å². The summed E-state index contributed by atoms with van der Waals surface area (Å²) in [5.41, 5.74) is 3.03. The fourth-order valence-corrected chi connectivity index (χ4v) is 2.67. The Hall–Kier alpha value is -2.42. The van der Waals surface area contributed by atoms with Crippen LogP contribution in [-0.2, 0) is 0 Å². The zero-order valence-electron chi connectivity index (χ0n) is 13.5. The zero-order chi connectivity index (χ0) is 15.7. The average Bonchev–Trinajstić information content (AvgIpc) is 2.47. The first-order chi connectivity index (χ1) is 10.5. The van der Waals surface area contributed by atoms with Crippen LogP contribution in [0.5, 0.6) is 0 Å². The Morgan fingerprint density at radius 1 is 0.909 bits per heavy atom. The molecule has 3 rings (SSSR count). The van der Waals surface area contributed by atoms with Crippen molar-refractivity contribution in [1.82, 2.24) is 9.97 Å². The Morgan fingerprint density at radius 2 is 1.59 bits per heavy atom. The van der Waals surface area contributed by atoms with Gasteiger partial charge in [-0.1, -0.05) is 30.3 Å². The van der Waals surface area contributed by atoms with E-state index in [1.54, 1.807) is 0 Å². The molecule has 2 aromatic heterocycles. The van der Waals surface area contributed by atoms with E-state index in [9.17, 15) is 0 Å². The van der Waals surface area contributed by atoms with Gasteiger partial charge in [-0.05, 0) is 45.2 Å². The second-order valence-electron chi connectivity index (χ2n) is 6.56. The minimum Gasteiger partial charge on any atom is -0.365 e. The lowest BCUT2D eigenvalue weighted by Gasteiger charge is -2.23. The van der Waals surface area contributed by atoms with E-state index in [2.05, 4.69) is 55.3 Å². The van der Waals surface area contributed by atoms with E-state index >= 15 is 0 Å². The molecular weight excluding hydrogens is 270 g/mol. The van der Waals surface area contributed by atoms with E-state index in [0.29, 0.717) is 0 Å². The molecule has 0 aliphatic carbocycles. The minimum atomic E-state index is -0.0330. The molecule has 1 aromatic carbocycles. The maximum Gasteiger partial charge on any atom is 0.134 e. The number of pyridine rings is 2. The van der Waals surface area contributed by atoms with Gasteiger partial charge >= 0.3 is 0 Å². The van der Waals surface area contributed by atoms with Crippen LogP contribution >= 0.6 is 0 Å². The molecule has 3 heteroatoms. The van der Waals surface area contributed by atoms with Crippen LogP contribution in [0.1, 0.15) is 26.5 Å². The summed E-state index contributed by atoms with van der Waals surface area (Å²) < 4.78 is 0. The van der Waals surface area contributed by atoms with Crippen molar-refractivity contribution in [3.8, 4) is 11.3 Å². The molecule has 2 heterocycles. The maximum absolute atomic E-state index is 4.81. The van der Waals surface area contributed by atoms with Crippen LogP contribution in [0.25, 0.3) is 22.0 Å². The number of hydrogen-bond donors (Lipinski definition) is 1. The Kier molecular flexibility index (Phi) is 3.57. The Labute approximate surface area is 131 Å². The van der Waals surface area contributed by atoms with Crippen LogP contribution in [0, 0.1) is 6.92 Å². The predicted molar refractivity (Wildman–Crippen MR) is 93.1 cm³/mol. The smallest absolute Gasteiger partial charge is 0.134 e. The number of fused-ring (bicyclic) bond motifs is 1. The highest BCUT2D eigenvalue weighted by atomic mass is 15.0. The first-order valence-corrected chi connectivity index (χ1v) is 7.55. The fraction of sp³-hybridized carbons (Fsp3) is 0.263. The number of anilines is 1. The number of aromatic nitrogens is 2. The van der Waals surface area contributed by atoms with Gasteiger partial charge in [-0.25, -0.2) is 4.98 Å². The molecule has 0 amide bonds. The summed E-state index contributed by atoms with van der Waals surface area (Å²) in [7, 11) is 0. The molecule has 112 valence electrons. The van der Waals surface area contributed by atoms with Crippen molar-refractivity contribution < 1.29 is 0 Å². The highest BCUT2D eigenvalue weighted by Gasteiger charge is 2.17. The van der Waals surface area contributed by atoms with Crippen LogP contribution in [0.15, 0.2) is 48.7 Å².